The van der Waals surface area contributed by atoms with Crippen molar-refractivity contribution in [2.45, 2.75) is 71.6 Å². The molecule has 1 fully saturated rings. The zero-order valence-corrected chi connectivity index (χ0v) is 14.4. The van der Waals surface area contributed by atoms with Gasteiger partial charge in [-0.3, -0.25) is 4.79 Å². The molecule has 22 heavy (non-hydrogen) atoms. The molecule has 1 aliphatic carbocycles. The van der Waals surface area contributed by atoms with Crippen LogP contribution >= 0.6 is 0 Å². The molecular weight excluding hydrogens is 270 g/mol. The van der Waals surface area contributed by atoms with Crippen LogP contribution in [-0.2, 0) is 4.79 Å². The maximum Gasteiger partial charge on any atom is 0.227 e. The first-order chi connectivity index (χ1) is 10.6. The van der Waals surface area contributed by atoms with Crippen LogP contribution in [0.3, 0.4) is 0 Å². The molecule has 2 nitrogen and oxygen atoms in total. The van der Waals surface area contributed by atoms with Crippen molar-refractivity contribution in [3.05, 3.63) is 29.8 Å². The van der Waals surface area contributed by atoms with Gasteiger partial charge in [0.05, 0.1) is 0 Å². The number of hydrogen-bond acceptors (Lipinski definition) is 1. The molecule has 0 atom stereocenters. The number of benzene rings is 1. The van der Waals surface area contributed by atoms with Gasteiger partial charge >= 0.3 is 0 Å². The monoisotopic (exact) mass is 301 g/mol. The highest BCUT2D eigenvalue weighted by atomic mass is 16.1. The molecule has 0 unspecified atom stereocenters. The highest BCUT2D eigenvalue weighted by Crippen LogP contribution is 2.32. The predicted molar refractivity (Wildman–Crippen MR) is 94.1 cm³/mol. The number of nitrogens with one attached hydrogen (secondary N) is 1. The van der Waals surface area contributed by atoms with Crippen LogP contribution in [0, 0.1) is 11.8 Å². The maximum absolute atomic E-state index is 12.4. The Hall–Kier alpha value is -1.31. The molecule has 1 aromatic carbocycles. The van der Waals surface area contributed by atoms with Crippen LogP contribution in [0.5, 0.6) is 0 Å². The van der Waals surface area contributed by atoms with E-state index in [1.807, 2.05) is 12.1 Å². The van der Waals surface area contributed by atoms with Gasteiger partial charge in [-0.2, -0.15) is 0 Å². The van der Waals surface area contributed by atoms with E-state index in [1.165, 1.54) is 37.7 Å². The first-order valence-corrected chi connectivity index (χ1v) is 9.01. The molecule has 0 bridgehead atoms. The van der Waals surface area contributed by atoms with E-state index in [-0.39, 0.29) is 11.8 Å². The quantitative estimate of drug-likeness (QED) is 0.712. The van der Waals surface area contributed by atoms with Crippen molar-refractivity contribution in [2.24, 2.45) is 11.8 Å². The minimum absolute atomic E-state index is 0.211. The van der Waals surface area contributed by atoms with Gasteiger partial charge < -0.3 is 5.32 Å². The molecule has 1 aliphatic rings. The summed E-state index contributed by atoms with van der Waals surface area (Å²) in [6, 6.07) is 8.28. The van der Waals surface area contributed by atoms with Gasteiger partial charge in [-0.05, 0) is 55.2 Å². The van der Waals surface area contributed by atoms with Gasteiger partial charge in [-0.15, -0.1) is 0 Å². The Morgan fingerprint density at radius 3 is 2.32 bits per heavy atom. The van der Waals surface area contributed by atoms with Crippen LogP contribution in [0.1, 0.15) is 77.2 Å². The van der Waals surface area contributed by atoms with E-state index in [0.29, 0.717) is 5.92 Å². The Morgan fingerprint density at radius 2 is 1.77 bits per heavy atom. The molecule has 1 N–H and O–H groups in total. The Labute approximate surface area is 135 Å². The second kappa shape index (κ2) is 8.36. The van der Waals surface area contributed by atoms with Crippen molar-refractivity contribution in [3.8, 4) is 0 Å². The van der Waals surface area contributed by atoms with Gasteiger partial charge in [0, 0.05) is 11.6 Å². The number of carbonyl (C=O) groups excluding carboxylic acids is 1. The lowest BCUT2D eigenvalue weighted by atomic mass is 9.79. The maximum atomic E-state index is 12.4. The minimum Gasteiger partial charge on any atom is -0.326 e. The van der Waals surface area contributed by atoms with Crippen LogP contribution in [0.4, 0.5) is 5.69 Å². The first kappa shape index (κ1) is 17.1. The lowest BCUT2D eigenvalue weighted by Crippen LogP contribution is -2.27. The highest BCUT2D eigenvalue weighted by Gasteiger charge is 2.25. The van der Waals surface area contributed by atoms with E-state index in [2.05, 4.69) is 38.2 Å². The molecule has 1 aromatic rings. The van der Waals surface area contributed by atoms with E-state index < -0.39 is 0 Å². The molecule has 0 radical (unpaired) electrons. The van der Waals surface area contributed by atoms with Crippen molar-refractivity contribution in [1.82, 2.24) is 0 Å². The molecule has 0 saturated heterocycles. The number of anilines is 1. The standard InChI is InChI=1S/C20H31NO/c1-4-5-6-16-7-9-18(10-8-16)20(22)21-19-13-11-17(12-14-19)15(2)3/h11-16,18H,4-10H2,1-3H3,(H,21,22). The zero-order chi connectivity index (χ0) is 15.9. The van der Waals surface area contributed by atoms with Crippen LogP contribution in [0.15, 0.2) is 24.3 Å². The minimum atomic E-state index is 0.211. The number of rotatable bonds is 6. The molecule has 2 rings (SSSR count). The summed E-state index contributed by atoms with van der Waals surface area (Å²) in [5, 5.41) is 3.10. The zero-order valence-electron chi connectivity index (χ0n) is 14.4. The van der Waals surface area contributed by atoms with Crippen molar-refractivity contribution >= 4 is 11.6 Å². The van der Waals surface area contributed by atoms with Crippen molar-refractivity contribution in [1.29, 1.82) is 0 Å². The molecule has 0 spiro atoms. The van der Waals surface area contributed by atoms with Crippen LogP contribution < -0.4 is 5.32 Å². The Kier molecular flexibility index (Phi) is 6.48. The third-order valence-corrected chi connectivity index (χ3v) is 5.03. The first-order valence-electron chi connectivity index (χ1n) is 9.01. The van der Waals surface area contributed by atoms with E-state index in [4.69, 9.17) is 0 Å². The average molecular weight is 301 g/mol. The van der Waals surface area contributed by atoms with Crippen molar-refractivity contribution in [3.63, 3.8) is 0 Å². The summed E-state index contributed by atoms with van der Waals surface area (Å²) in [5.74, 6) is 1.81. The second-order valence-corrected chi connectivity index (χ2v) is 7.13. The van der Waals surface area contributed by atoms with Gasteiger partial charge in [0.1, 0.15) is 0 Å². The van der Waals surface area contributed by atoms with Crippen molar-refractivity contribution in [2.75, 3.05) is 5.32 Å². The molecule has 122 valence electrons. The van der Waals surface area contributed by atoms with Gasteiger partial charge in [-0.25, -0.2) is 0 Å². The van der Waals surface area contributed by atoms with Gasteiger partial charge in [0.15, 0.2) is 0 Å². The fourth-order valence-corrected chi connectivity index (χ4v) is 3.40. The van der Waals surface area contributed by atoms with Gasteiger partial charge in [0.25, 0.3) is 0 Å². The molecular formula is C20H31NO. The Morgan fingerprint density at radius 1 is 1.14 bits per heavy atom. The average Bonchev–Trinajstić information content (AvgIpc) is 2.54. The van der Waals surface area contributed by atoms with E-state index in [9.17, 15) is 4.79 Å². The lowest BCUT2D eigenvalue weighted by molar-refractivity contribution is -0.121. The predicted octanol–water partition coefficient (Wildman–Crippen LogP) is 5.75. The van der Waals surface area contributed by atoms with Crippen LogP contribution in [0.2, 0.25) is 0 Å². The molecule has 0 aromatic heterocycles. The third-order valence-electron chi connectivity index (χ3n) is 5.03. The lowest BCUT2D eigenvalue weighted by Gasteiger charge is -2.27. The van der Waals surface area contributed by atoms with Crippen LogP contribution in [0.25, 0.3) is 0 Å². The summed E-state index contributed by atoms with van der Waals surface area (Å²) in [6.07, 6.45) is 8.54. The number of unbranched alkanes of at least 4 members (excludes halogenated alkanes) is 1. The SMILES string of the molecule is CCCCC1CCC(C(=O)Nc2ccc(C(C)C)cc2)CC1. The number of hydrogen-bond donors (Lipinski definition) is 1. The van der Waals surface area contributed by atoms with E-state index >= 15 is 0 Å². The van der Waals surface area contributed by atoms with E-state index in [0.717, 1.165) is 24.4 Å². The Balaban J connectivity index is 1.80. The summed E-state index contributed by atoms with van der Waals surface area (Å²) in [4.78, 5) is 12.4. The molecule has 0 heterocycles. The highest BCUT2D eigenvalue weighted by molar-refractivity contribution is 5.92. The van der Waals surface area contributed by atoms with Crippen LogP contribution in [-0.4, -0.2) is 5.91 Å². The second-order valence-electron chi connectivity index (χ2n) is 7.13. The Bertz CT molecular complexity index is 455. The summed E-state index contributed by atoms with van der Waals surface area (Å²) in [5.41, 5.74) is 2.25. The molecule has 1 saturated carbocycles. The molecule has 0 aliphatic heterocycles. The fraction of sp³-hybridized carbons (Fsp3) is 0.650. The third kappa shape index (κ3) is 4.86. The smallest absolute Gasteiger partial charge is 0.227 e. The van der Waals surface area contributed by atoms with E-state index in [1.54, 1.807) is 0 Å². The number of amides is 1. The van der Waals surface area contributed by atoms with Gasteiger partial charge in [0.2, 0.25) is 5.91 Å². The number of carbonyl (C=O) groups is 1. The van der Waals surface area contributed by atoms with Crippen molar-refractivity contribution < 1.29 is 4.79 Å². The summed E-state index contributed by atoms with van der Waals surface area (Å²) >= 11 is 0. The largest absolute Gasteiger partial charge is 0.326 e. The topological polar surface area (TPSA) is 29.1 Å². The fourth-order valence-electron chi connectivity index (χ4n) is 3.40. The molecule has 2 heteroatoms. The summed E-state index contributed by atoms with van der Waals surface area (Å²) < 4.78 is 0. The summed E-state index contributed by atoms with van der Waals surface area (Å²) in [7, 11) is 0. The summed E-state index contributed by atoms with van der Waals surface area (Å²) in [6.45, 7) is 6.62. The normalized spacial score (nSPS) is 21.8. The molecule has 1 amide bonds. The van der Waals surface area contributed by atoms with Gasteiger partial charge in [-0.1, -0.05) is 52.2 Å².